The van der Waals surface area contributed by atoms with Crippen molar-refractivity contribution in [1.82, 2.24) is 5.32 Å². The number of benzene rings is 2. The van der Waals surface area contributed by atoms with Crippen LogP contribution in [0.1, 0.15) is 26.3 Å². The molecule has 5 heteroatoms. The molecule has 0 aliphatic heterocycles. The zero-order valence-corrected chi connectivity index (χ0v) is 15.6. The molecule has 0 fully saturated rings. The molecule has 0 aromatic heterocycles. The summed E-state index contributed by atoms with van der Waals surface area (Å²) < 4.78 is 11.0. The zero-order valence-electron chi connectivity index (χ0n) is 14.8. The van der Waals surface area contributed by atoms with Crippen molar-refractivity contribution in [2.24, 2.45) is 0 Å². The Labute approximate surface area is 154 Å². The zero-order chi connectivity index (χ0) is 18.3. The maximum atomic E-state index is 11.8. The van der Waals surface area contributed by atoms with Gasteiger partial charge in [0.2, 0.25) is 0 Å². The molecule has 0 saturated carbocycles. The average Bonchev–Trinajstić information content (AvgIpc) is 2.57. The number of carbonyl (C=O) groups excluding carboxylic acids is 1. The molecule has 134 valence electrons. The van der Waals surface area contributed by atoms with Crippen molar-refractivity contribution in [1.29, 1.82) is 0 Å². The first-order valence-corrected chi connectivity index (χ1v) is 8.61. The number of amides is 1. The van der Waals surface area contributed by atoms with Crippen LogP contribution in [0.15, 0.2) is 48.5 Å². The molecule has 2 aromatic rings. The molecule has 0 unspecified atom stereocenters. The minimum atomic E-state index is -0.216. The molecule has 25 heavy (non-hydrogen) atoms. The van der Waals surface area contributed by atoms with Crippen molar-refractivity contribution in [3.63, 3.8) is 0 Å². The molecule has 1 amide bonds. The van der Waals surface area contributed by atoms with Gasteiger partial charge in [-0.05, 0) is 35.2 Å². The third-order valence-electron chi connectivity index (χ3n) is 3.61. The minimum Gasteiger partial charge on any atom is -0.492 e. The number of para-hydroxylation sites is 1. The van der Waals surface area contributed by atoms with Crippen LogP contribution in [0.4, 0.5) is 0 Å². The lowest BCUT2D eigenvalue weighted by atomic mass is 9.87. The molecule has 0 bridgehead atoms. The monoisotopic (exact) mass is 361 g/mol. The highest BCUT2D eigenvalue weighted by molar-refractivity contribution is 6.32. The van der Waals surface area contributed by atoms with Crippen molar-refractivity contribution in [3.05, 3.63) is 59.1 Å². The molecule has 0 radical (unpaired) electrons. The maximum absolute atomic E-state index is 11.8. The molecule has 2 rings (SSSR count). The summed E-state index contributed by atoms with van der Waals surface area (Å²) in [6.07, 6.45) is 0. The standard InChI is InChI=1S/C20H24ClNO3/c1-20(2,3)15-8-10-16(11-9-15)24-13-12-22-19(23)14-25-18-7-5-4-6-17(18)21/h4-11H,12-14H2,1-3H3,(H,22,23). The Morgan fingerprint density at radius 2 is 1.72 bits per heavy atom. The smallest absolute Gasteiger partial charge is 0.258 e. The summed E-state index contributed by atoms with van der Waals surface area (Å²) in [5, 5.41) is 3.23. The van der Waals surface area contributed by atoms with Crippen molar-refractivity contribution in [2.75, 3.05) is 19.8 Å². The Kier molecular flexibility index (Phi) is 6.71. The molecule has 0 aliphatic carbocycles. The highest BCUT2D eigenvalue weighted by Crippen LogP contribution is 2.24. The van der Waals surface area contributed by atoms with Crippen LogP contribution in [-0.4, -0.2) is 25.7 Å². The third-order valence-corrected chi connectivity index (χ3v) is 3.92. The van der Waals surface area contributed by atoms with Gasteiger partial charge in [-0.25, -0.2) is 0 Å². The van der Waals surface area contributed by atoms with Gasteiger partial charge in [-0.15, -0.1) is 0 Å². The predicted molar refractivity (Wildman–Crippen MR) is 101 cm³/mol. The largest absolute Gasteiger partial charge is 0.492 e. The molecule has 4 nitrogen and oxygen atoms in total. The van der Waals surface area contributed by atoms with Crippen LogP contribution in [-0.2, 0) is 10.2 Å². The van der Waals surface area contributed by atoms with E-state index in [0.717, 1.165) is 5.75 Å². The summed E-state index contributed by atoms with van der Waals surface area (Å²) in [7, 11) is 0. The number of halogens is 1. The van der Waals surface area contributed by atoms with E-state index in [1.54, 1.807) is 24.3 Å². The Hall–Kier alpha value is -2.20. The van der Waals surface area contributed by atoms with Gasteiger partial charge in [0.25, 0.3) is 5.91 Å². The number of nitrogens with one attached hydrogen (secondary N) is 1. The van der Waals surface area contributed by atoms with Crippen molar-refractivity contribution in [3.8, 4) is 11.5 Å². The van der Waals surface area contributed by atoms with E-state index in [1.165, 1.54) is 5.56 Å². The third kappa shape index (κ3) is 6.31. The highest BCUT2D eigenvalue weighted by atomic mass is 35.5. The van der Waals surface area contributed by atoms with Gasteiger partial charge < -0.3 is 14.8 Å². The molecule has 2 aromatic carbocycles. The van der Waals surface area contributed by atoms with Crippen LogP contribution in [0.3, 0.4) is 0 Å². The Balaban J connectivity index is 1.67. The lowest BCUT2D eigenvalue weighted by Gasteiger charge is -2.19. The van der Waals surface area contributed by atoms with Gasteiger partial charge in [-0.1, -0.05) is 56.6 Å². The number of carbonyl (C=O) groups is 1. The summed E-state index contributed by atoms with van der Waals surface area (Å²) in [6, 6.07) is 15.1. The van der Waals surface area contributed by atoms with E-state index in [0.29, 0.717) is 23.9 Å². The van der Waals surface area contributed by atoms with Gasteiger partial charge >= 0.3 is 0 Å². The average molecular weight is 362 g/mol. The maximum Gasteiger partial charge on any atom is 0.258 e. The lowest BCUT2D eigenvalue weighted by molar-refractivity contribution is -0.123. The van der Waals surface area contributed by atoms with Crippen LogP contribution >= 0.6 is 11.6 Å². The Morgan fingerprint density at radius 1 is 1.04 bits per heavy atom. The SMILES string of the molecule is CC(C)(C)c1ccc(OCCNC(=O)COc2ccccc2Cl)cc1. The van der Waals surface area contributed by atoms with Gasteiger partial charge in [0, 0.05) is 0 Å². The fourth-order valence-electron chi connectivity index (χ4n) is 2.17. The Bertz CT molecular complexity index is 693. The van der Waals surface area contributed by atoms with Crippen molar-refractivity contribution < 1.29 is 14.3 Å². The normalized spacial score (nSPS) is 11.0. The summed E-state index contributed by atoms with van der Waals surface area (Å²) in [6.45, 7) is 7.23. The van der Waals surface area contributed by atoms with E-state index in [2.05, 4.69) is 38.2 Å². The van der Waals surface area contributed by atoms with Crippen LogP contribution in [0.25, 0.3) is 0 Å². The van der Waals surface area contributed by atoms with E-state index >= 15 is 0 Å². The first kappa shape index (κ1) is 19.1. The molecule has 0 aliphatic rings. The fraction of sp³-hybridized carbons (Fsp3) is 0.350. The second-order valence-electron chi connectivity index (χ2n) is 6.69. The van der Waals surface area contributed by atoms with Gasteiger partial charge in [-0.2, -0.15) is 0 Å². The van der Waals surface area contributed by atoms with Crippen LogP contribution in [0, 0.1) is 0 Å². The molecule has 0 saturated heterocycles. The lowest BCUT2D eigenvalue weighted by Crippen LogP contribution is -2.32. The molecule has 1 N–H and O–H groups in total. The van der Waals surface area contributed by atoms with Crippen molar-refractivity contribution in [2.45, 2.75) is 26.2 Å². The highest BCUT2D eigenvalue weighted by Gasteiger charge is 2.13. The summed E-state index contributed by atoms with van der Waals surface area (Å²) in [5.41, 5.74) is 1.37. The molecule has 0 atom stereocenters. The minimum absolute atomic E-state index is 0.0794. The predicted octanol–water partition coefficient (Wildman–Crippen LogP) is 4.21. The van der Waals surface area contributed by atoms with Gasteiger partial charge in [-0.3, -0.25) is 4.79 Å². The van der Waals surface area contributed by atoms with E-state index < -0.39 is 0 Å². The van der Waals surface area contributed by atoms with Crippen LogP contribution in [0.2, 0.25) is 5.02 Å². The van der Waals surface area contributed by atoms with Crippen molar-refractivity contribution >= 4 is 17.5 Å². The van der Waals surface area contributed by atoms with E-state index in [4.69, 9.17) is 21.1 Å². The van der Waals surface area contributed by atoms with E-state index in [-0.39, 0.29) is 17.9 Å². The van der Waals surface area contributed by atoms with Crippen LogP contribution in [0.5, 0.6) is 11.5 Å². The summed E-state index contributed by atoms with van der Waals surface area (Å²) in [4.78, 5) is 11.8. The van der Waals surface area contributed by atoms with Gasteiger partial charge in [0.1, 0.15) is 18.1 Å². The van der Waals surface area contributed by atoms with Gasteiger partial charge in [0.05, 0.1) is 11.6 Å². The second-order valence-corrected chi connectivity index (χ2v) is 7.10. The summed E-state index contributed by atoms with van der Waals surface area (Å²) >= 11 is 5.96. The number of rotatable bonds is 7. The quantitative estimate of drug-likeness (QED) is 0.751. The van der Waals surface area contributed by atoms with E-state index in [1.807, 2.05) is 12.1 Å². The Morgan fingerprint density at radius 3 is 2.36 bits per heavy atom. The molecule has 0 spiro atoms. The first-order chi connectivity index (χ1) is 11.9. The van der Waals surface area contributed by atoms with Crippen LogP contribution < -0.4 is 14.8 Å². The topological polar surface area (TPSA) is 47.6 Å². The second kappa shape index (κ2) is 8.77. The molecule has 0 heterocycles. The molecular formula is C20H24ClNO3. The summed E-state index contributed by atoms with van der Waals surface area (Å²) in [5.74, 6) is 1.07. The number of hydrogen-bond donors (Lipinski definition) is 1. The first-order valence-electron chi connectivity index (χ1n) is 8.23. The number of hydrogen-bond acceptors (Lipinski definition) is 3. The number of ether oxygens (including phenoxy) is 2. The molecular weight excluding hydrogens is 338 g/mol. The fourth-order valence-corrected chi connectivity index (χ4v) is 2.36. The van der Waals surface area contributed by atoms with Gasteiger partial charge in [0.15, 0.2) is 6.61 Å². The van der Waals surface area contributed by atoms with E-state index in [9.17, 15) is 4.79 Å².